The lowest BCUT2D eigenvalue weighted by atomic mass is 9.99. The van der Waals surface area contributed by atoms with Crippen LogP contribution in [-0.4, -0.2) is 61.1 Å². The van der Waals surface area contributed by atoms with Gasteiger partial charge in [-0.2, -0.15) is 0 Å². The fraction of sp³-hybridized carbons (Fsp3) is 0.391. The second kappa shape index (κ2) is 10.6. The van der Waals surface area contributed by atoms with E-state index in [0.717, 1.165) is 12.0 Å². The third kappa shape index (κ3) is 6.32. The average Bonchev–Trinajstić information content (AvgIpc) is 2.75. The van der Waals surface area contributed by atoms with Crippen molar-refractivity contribution in [2.24, 2.45) is 0 Å². The highest BCUT2D eigenvalue weighted by Gasteiger charge is 2.24. The molecule has 6 heteroatoms. The minimum absolute atomic E-state index is 0.000584. The number of benzene rings is 2. The molecule has 29 heavy (non-hydrogen) atoms. The number of carbonyl (C=O) groups excluding carboxylic acids is 2. The number of amides is 2. The van der Waals surface area contributed by atoms with E-state index in [0.29, 0.717) is 39.3 Å². The Kier molecular flexibility index (Phi) is 7.64. The van der Waals surface area contributed by atoms with E-state index in [9.17, 15) is 9.59 Å². The summed E-state index contributed by atoms with van der Waals surface area (Å²) in [7, 11) is 0. The highest BCUT2D eigenvalue weighted by atomic mass is 16.6. The van der Waals surface area contributed by atoms with Crippen LogP contribution in [0.4, 0.5) is 4.79 Å². The number of hydrogen-bond donors (Lipinski definition) is 1. The van der Waals surface area contributed by atoms with E-state index in [2.05, 4.69) is 22.3 Å². The number of hydrogen-bond acceptors (Lipinski definition) is 4. The second-order valence-corrected chi connectivity index (χ2v) is 7.18. The molecule has 1 atom stereocenters. The molecule has 0 aromatic heterocycles. The van der Waals surface area contributed by atoms with E-state index in [1.807, 2.05) is 48.5 Å². The van der Waals surface area contributed by atoms with Crippen molar-refractivity contribution in [1.29, 1.82) is 0 Å². The normalized spacial score (nSPS) is 15.6. The van der Waals surface area contributed by atoms with Gasteiger partial charge in [-0.1, -0.05) is 60.7 Å². The van der Waals surface area contributed by atoms with Crippen LogP contribution in [0.2, 0.25) is 0 Å². The van der Waals surface area contributed by atoms with Gasteiger partial charge in [0.25, 0.3) is 0 Å². The molecule has 2 amide bonds. The van der Waals surface area contributed by atoms with Crippen LogP contribution in [-0.2, 0) is 16.0 Å². The van der Waals surface area contributed by atoms with Gasteiger partial charge in [0, 0.05) is 26.2 Å². The summed E-state index contributed by atoms with van der Waals surface area (Å²) in [6, 6.07) is 20.2. The van der Waals surface area contributed by atoms with Gasteiger partial charge in [-0.15, -0.1) is 0 Å². The van der Waals surface area contributed by atoms with Crippen molar-refractivity contribution in [3.63, 3.8) is 0 Å². The summed E-state index contributed by atoms with van der Waals surface area (Å²) in [6.45, 7) is 5.01. The van der Waals surface area contributed by atoms with Crippen LogP contribution in [0.25, 0.3) is 0 Å². The number of nitrogens with zero attached hydrogens (tertiary/aromatic N) is 2. The Balaban J connectivity index is 1.56. The first-order valence-corrected chi connectivity index (χ1v) is 10.2. The number of carbonyl (C=O) groups is 2. The number of nitrogens with one attached hydrogen (secondary N) is 1. The first-order chi connectivity index (χ1) is 14.2. The molecule has 0 radical (unpaired) electrons. The minimum atomic E-state index is -0.274. The summed E-state index contributed by atoms with van der Waals surface area (Å²) in [5.74, 6) is -0.000584. The van der Waals surface area contributed by atoms with Gasteiger partial charge in [0.2, 0.25) is 5.91 Å². The van der Waals surface area contributed by atoms with Crippen LogP contribution >= 0.6 is 0 Å². The fourth-order valence-corrected chi connectivity index (χ4v) is 3.53. The van der Waals surface area contributed by atoms with Crippen molar-refractivity contribution in [3.05, 3.63) is 71.8 Å². The number of piperazine rings is 1. The Morgan fingerprint density at radius 2 is 1.59 bits per heavy atom. The highest BCUT2D eigenvalue weighted by Crippen LogP contribution is 2.18. The minimum Gasteiger partial charge on any atom is -0.450 e. The number of ether oxygens (including phenoxy) is 1. The predicted molar refractivity (Wildman–Crippen MR) is 113 cm³/mol. The molecule has 3 rings (SSSR count). The van der Waals surface area contributed by atoms with Gasteiger partial charge < -0.3 is 15.0 Å². The highest BCUT2D eigenvalue weighted by molar-refractivity contribution is 5.78. The van der Waals surface area contributed by atoms with Gasteiger partial charge >= 0.3 is 6.09 Å². The molecule has 154 valence electrons. The van der Waals surface area contributed by atoms with E-state index in [1.54, 1.807) is 11.8 Å². The van der Waals surface area contributed by atoms with Gasteiger partial charge in [0.15, 0.2) is 0 Å². The van der Waals surface area contributed by atoms with Crippen LogP contribution < -0.4 is 5.32 Å². The molecule has 1 heterocycles. The summed E-state index contributed by atoms with van der Waals surface area (Å²) in [4.78, 5) is 28.3. The molecule has 0 aliphatic carbocycles. The molecule has 1 aliphatic heterocycles. The topological polar surface area (TPSA) is 61.9 Å². The van der Waals surface area contributed by atoms with Crippen LogP contribution in [0, 0.1) is 0 Å². The lowest BCUT2D eigenvalue weighted by Crippen LogP contribution is -2.51. The smallest absolute Gasteiger partial charge is 0.409 e. The molecule has 1 saturated heterocycles. The van der Waals surface area contributed by atoms with E-state index < -0.39 is 0 Å². The van der Waals surface area contributed by atoms with Crippen molar-refractivity contribution in [3.8, 4) is 0 Å². The molecule has 2 aromatic rings. The van der Waals surface area contributed by atoms with E-state index >= 15 is 0 Å². The fourth-order valence-electron chi connectivity index (χ4n) is 3.53. The summed E-state index contributed by atoms with van der Waals surface area (Å²) in [5, 5.41) is 3.20. The van der Waals surface area contributed by atoms with Crippen molar-refractivity contribution in [2.45, 2.75) is 19.4 Å². The summed E-state index contributed by atoms with van der Waals surface area (Å²) >= 11 is 0. The van der Waals surface area contributed by atoms with Crippen molar-refractivity contribution >= 4 is 12.0 Å². The van der Waals surface area contributed by atoms with Gasteiger partial charge in [0.05, 0.1) is 19.2 Å². The Hall–Kier alpha value is -2.86. The lowest BCUT2D eigenvalue weighted by molar-refractivity contribution is -0.123. The molecule has 0 bridgehead atoms. The van der Waals surface area contributed by atoms with Crippen molar-refractivity contribution in [2.75, 3.05) is 39.3 Å². The Morgan fingerprint density at radius 3 is 2.21 bits per heavy atom. The first kappa shape index (κ1) is 20.9. The Bertz CT molecular complexity index is 774. The summed E-state index contributed by atoms with van der Waals surface area (Å²) in [6.07, 6.45) is 0.469. The van der Waals surface area contributed by atoms with Crippen LogP contribution in [0.15, 0.2) is 60.7 Å². The zero-order chi connectivity index (χ0) is 20.5. The maximum atomic E-state index is 12.7. The monoisotopic (exact) mass is 395 g/mol. The molecule has 1 N–H and O–H groups in total. The lowest BCUT2D eigenvalue weighted by Gasteiger charge is -2.33. The van der Waals surface area contributed by atoms with Gasteiger partial charge in [-0.3, -0.25) is 9.69 Å². The van der Waals surface area contributed by atoms with E-state index in [-0.39, 0.29) is 18.0 Å². The average molecular weight is 396 g/mol. The maximum absolute atomic E-state index is 12.7. The van der Waals surface area contributed by atoms with Crippen LogP contribution in [0.5, 0.6) is 0 Å². The second-order valence-electron chi connectivity index (χ2n) is 7.18. The van der Waals surface area contributed by atoms with Gasteiger partial charge in [-0.05, 0) is 24.5 Å². The summed E-state index contributed by atoms with van der Waals surface area (Å²) < 4.78 is 5.05. The number of rotatable bonds is 7. The molecule has 1 fully saturated rings. The Morgan fingerprint density at radius 1 is 0.966 bits per heavy atom. The third-order valence-electron chi connectivity index (χ3n) is 5.09. The SMILES string of the molecule is CCOC(=O)N1CCN(CC(=O)N[C@@H](Cc2ccccc2)c2ccccc2)CC1. The van der Waals surface area contributed by atoms with Crippen molar-refractivity contribution < 1.29 is 14.3 Å². The quantitative estimate of drug-likeness (QED) is 0.783. The molecule has 0 saturated carbocycles. The zero-order valence-electron chi connectivity index (χ0n) is 16.9. The molecule has 0 unspecified atom stereocenters. The van der Waals surface area contributed by atoms with Crippen LogP contribution in [0.3, 0.4) is 0 Å². The van der Waals surface area contributed by atoms with E-state index in [4.69, 9.17) is 4.74 Å². The standard InChI is InChI=1S/C23H29N3O3/c1-2-29-23(28)26-15-13-25(14-16-26)18-22(27)24-21(20-11-7-4-8-12-20)17-19-9-5-3-6-10-19/h3-12,21H,2,13-18H2,1H3,(H,24,27)/t21-/m0/s1. The molecular weight excluding hydrogens is 366 g/mol. The third-order valence-corrected chi connectivity index (χ3v) is 5.09. The predicted octanol–water partition coefficient (Wildman–Crippen LogP) is 2.86. The largest absolute Gasteiger partial charge is 0.450 e. The molecule has 2 aromatic carbocycles. The van der Waals surface area contributed by atoms with E-state index in [1.165, 1.54) is 5.56 Å². The maximum Gasteiger partial charge on any atom is 0.409 e. The molecule has 0 spiro atoms. The van der Waals surface area contributed by atoms with Crippen molar-refractivity contribution in [1.82, 2.24) is 15.1 Å². The molecular formula is C23H29N3O3. The molecule has 6 nitrogen and oxygen atoms in total. The Labute approximate surface area is 172 Å². The molecule has 1 aliphatic rings. The zero-order valence-corrected chi connectivity index (χ0v) is 16.9. The summed E-state index contributed by atoms with van der Waals surface area (Å²) in [5.41, 5.74) is 2.28. The van der Waals surface area contributed by atoms with Gasteiger partial charge in [0.1, 0.15) is 0 Å². The van der Waals surface area contributed by atoms with Gasteiger partial charge in [-0.25, -0.2) is 4.79 Å². The van der Waals surface area contributed by atoms with Crippen LogP contribution in [0.1, 0.15) is 24.1 Å². The first-order valence-electron chi connectivity index (χ1n) is 10.2.